The van der Waals surface area contributed by atoms with Crippen molar-refractivity contribution in [1.29, 1.82) is 0 Å². The summed E-state index contributed by atoms with van der Waals surface area (Å²) >= 11 is 0. The second-order valence-electron chi connectivity index (χ2n) is 5.42. The van der Waals surface area contributed by atoms with Gasteiger partial charge in [-0.15, -0.1) is 6.58 Å². The Morgan fingerprint density at radius 2 is 2.31 bits per heavy atom. The third kappa shape index (κ3) is 1.40. The Labute approximate surface area is 98.0 Å². The Kier molecular flexibility index (Phi) is 2.97. The highest BCUT2D eigenvalue weighted by Gasteiger charge is 2.52. The standard InChI is InChI=1S/C14H22O2/c1-5-12-13-9(2)6-10(3)14(7-15,8-16-12)11(13)4/h5-6,10-13,15H,1,7-8H2,2-4H3/t10?,11?,12?,13-,14+/m1/s1. The molecule has 2 nitrogen and oxygen atoms in total. The Balaban J connectivity index is 2.44. The van der Waals surface area contributed by atoms with Crippen LogP contribution < -0.4 is 0 Å². The summed E-state index contributed by atoms with van der Waals surface area (Å²) in [5, 5.41) is 9.74. The van der Waals surface area contributed by atoms with Gasteiger partial charge in [-0.1, -0.05) is 31.6 Å². The van der Waals surface area contributed by atoms with E-state index in [1.807, 2.05) is 6.08 Å². The van der Waals surface area contributed by atoms with Crippen molar-refractivity contribution in [2.75, 3.05) is 13.2 Å². The molecule has 0 spiro atoms. The highest BCUT2D eigenvalue weighted by Crippen LogP contribution is 2.52. The lowest BCUT2D eigenvalue weighted by atomic mass is 9.56. The Hall–Kier alpha value is -0.600. The van der Waals surface area contributed by atoms with Gasteiger partial charge >= 0.3 is 0 Å². The highest BCUT2D eigenvalue weighted by molar-refractivity contribution is 5.22. The summed E-state index contributed by atoms with van der Waals surface area (Å²) in [6.45, 7) is 11.3. The van der Waals surface area contributed by atoms with Gasteiger partial charge in [-0.2, -0.15) is 0 Å². The number of hydrogen-bond acceptors (Lipinski definition) is 2. The molecule has 1 aliphatic heterocycles. The summed E-state index contributed by atoms with van der Waals surface area (Å²) in [6, 6.07) is 0. The molecular weight excluding hydrogens is 200 g/mol. The Bertz CT molecular complexity index is 321. The van der Waals surface area contributed by atoms with Gasteiger partial charge in [0.2, 0.25) is 0 Å². The van der Waals surface area contributed by atoms with Gasteiger partial charge in [0.05, 0.1) is 19.3 Å². The van der Waals surface area contributed by atoms with Crippen molar-refractivity contribution in [3.8, 4) is 0 Å². The zero-order chi connectivity index (χ0) is 11.9. The maximum atomic E-state index is 9.74. The fourth-order valence-electron chi connectivity index (χ4n) is 3.55. The third-order valence-electron chi connectivity index (χ3n) is 4.82. The summed E-state index contributed by atoms with van der Waals surface area (Å²) in [5.41, 5.74) is 1.29. The predicted octanol–water partition coefficient (Wildman–Crippen LogP) is 2.40. The SMILES string of the molecule is C=CC1OC[C@@]2(CO)C(C)C=C(C)[C@@H]1C2C. The largest absolute Gasteiger partial charge is 0.396 e. The lowest BCUT2D eigenvalue weighted by Crippen LogP contribution is -2.55. The topological polar surface area (TPSA) is 29.5 Å². The van der Waals surface area contributed by atoms with E-state index in [0.29, 0.717) is 24.4 Å². The van der Waals surface area contributed by atoms with Crippen molar-refractivity contribution < 1.29 is 9.84 Å². The van der Waals surface area contributed by atoms with Crippen LogP contribution in [0.2, 0.25) is 0 Å². The van der Waals surface area contributed by atoms with Gasteiger partial charge in [-0.3, -0.25) is 0 Å². The van der Waals surface area contributed by atoms with E-state index in [1.54, 1.807) is 0 Å². The van der Waals surface area contributed by atoms with Crippen molar-refractivity contribution in [3.05, 3.63) is 24.3 Å². The average molecular weight is 222 g/mol. The molecule has 1 heterocycles. The lowest BCUT2D eigenvalue weighted by molar-refractivity contribution is -0.148. The molecule has 0 aromatic carbocycles. The van der Waals surface area contributed by atoms with E-state index in [9.17, 15) is 5.11 Å². The molecule has 1 saturated heterocycles. The van der Waals surface area contributed by atoms with E-state index in [0.717, 1.165) is 0 Å². The molecular formula is C14H22O2. The van der Waals surface area contributed by atoms with Gasteiger partial charge in [0.15, 0.2) is 0 Å². The first kappa shape index (κ1) is 11.9. The van der Waals surface area contributed by atoms with Crippen LogP contribution in [0.25, 0.3) is 0 Å². The summed E-state index contributed by atoms with van der Waals surface area (Å²) < 4.78 is 5.88. The zero-order valence-corrected chi connectivity index (χ0v) is 10.4. The molecule has 0 aromatic rings. The fourth-order valence-corrected chi connectivity index (χ4v) is 3.55. The molecule has 5 atom stereocenters. The van der Waals surface area contributed by atoms with Gasteiger partial charge in [0.25, 0.3) is 0 Å². The first-order valence-corrected chi connectivity index (χ1v) is 6.10. The maximum absolute atomic E-state index is 9.74. The highest BCUT2D eigenvalue weighted by atomic mass is 16.5. The molecule has 0 saturated carbocycles. The molecule has 2 rings (SSSR count). The molecule has 2 bridgehead atoms. The van der Waals surface area contributed by atoms with Crippen LogP contribution in [-0.4, -0.2) is 24.4 Å². The first-order chi connectivity index (χ1) is 7.56. The van der Waals surface area contributed by atoms with Crippen LogP contribution in [0.4, 0.5) is 0 Å². The summed E-state index contributed by atoms with van der Waals surface area (Å²) in [5.74, 6) is 1.22. The quantitative estimate of drug-likeness (QED) is 0.727. The molecule has 1 N–H and O–H groups in total. The maximum Gasteiger partial charge on any atom is 0.0821 e. The number of ether oxygens (including phenoxy) is 1. The van der Waals surface area contributed by atoms with Crippen molar-refractivity contribution in [2.24, 2.45) is 23.2 Å². The van der Waals surface area contributed by atoms with Crippen LogP contribution in [-0.2, 0) is 4.74 Å². The van der Waals surface area contributed by atoms with E-state index in [4.69, 9.17) is 4.74 Å². The van der Waals surface area contributed by atoms with E-state index >= 15 is 0 Å². The van der Waals surface area contributed by atoms with E-state index in [2.05, 4.69) is 33.4 Å². The normalized spacial score (nSPS) is 47.4. The van der Waals surface area contributed by atoms with Gasteiger partial charge in [0.1, 0.15) is 0 Å². The van der Waals surface area contributed by atoms with Crippen molar-refractivity contribution in [1.82, 2.24) is 0 Å². The van der Waals surface area contributed by atoms with Crippen LogP contribution >= 0.6 is 0 Å². The molecule has 3 unspecified atom stereocenters. The van der Waals surface area contributed by atoms with Crippen LogP contribution in [0.3, 0.4) is 0 Å². The molecule has 0 aromatic heterocycles. The van der Waals surface area contributed by atoms with Gasteiger partial charge in [0, 0.05) is 11.3 Å². The lowest BCUT2D eigenvalue weighted by Gasteiger charge is -2.54. The minimum Gasteiger partial charge on any atom is -0.396 e. The number of aliphatic hydroxyl groups excluding tert-OH is 1. The molecule has 2 aliphatic rings. The molecule has 1 fully saturated rings. The Morgan fingerprint density at radius 1 is 1.62 bits per heavy atom. The zero-order valence-electron chi connectivity index (χ0n) is 10.4. The van der Waals surface area contributed by atoms with Gasteiger partial charge in [-0.05, 0) is 18.8 Å². The van der Waals surface area contributed by atoms with Crippen molar-refractivity contribution in [2.45, 2.75) is 26.9 Å². The number of rotatable bonds is 2. The molecule has 16 heavy (non-hydrogen) atoms. The van der Waals surface area contributed by atoms with E-state index < -0.39 is 0 Å². The van der Waals surface area contributed by atoms with Gasteiger partial charge in [-0.25, -0.2) is 0 Å². The number of allylic oxidation sites excluding steroid dienone is 1. The summed E-state index contributed by atoms with van der Waals surface area (Å²) in [7, 11) is 0. The first-order valence-electron chi connectivity index (χ1n) is 6.10. The van der Waals surface area contributed by atoms with Crippen LogP contribution in [0.15, 0.2) is 24.3 Å². The van der Waals surface area contributed by atoms with E-state index in [-0.39, 0.29) is 18.1 Å². The third-order valence-corrected chi connectivity index (χ3v) is 4.82. The van der Waals surface area contributed by atoms with E-state index in [1.165, 1.54) is 5.57 Å². The average Bonchev–Trinajstić information content (AvgIpc) is 2.26. The molecule has 2 heteroatoms. The molecule has 1 aliphatic carbocycles. The fraction of sp³-hybridized carbons (Fsp3) is 0.714. The van der Waals surface area contributed by atoms with Crippen molar-refractivity contribution >= 4 is 0 Å². The number of aliphatic hydroxyl groups is 1. The molecule has 0 radical (unpaired) electrons. The second-order valence-corrected chi connectivity index (χ2v) is 5.42. The van der Waals surface area contributed by atoms with Gasteiger partial charge < -0.3 is 9.84 Å². The summed E-state index contributed by atoms with van der Waals surface area (Å²) in [4.78, 5) is 0. The molecule has 90 valence electrons. The molecule has 0 amide bonds. The van der Waals surface area contributed by atoms with Crippen LogP contribution in [0, 0.1) is 23.2 Å². The smallest absolute Gasteiger partial charge is 0.0821 e. The predicted molar refractivity (Wildman–Crippen MR) is 65.0 cm³/mol. The Morgan fingerprint density at radius 3 is 2.88 bits per heavy atom. The number of hydrogen-bond donors (Lipinski definition) is 1. The minimum atomic E-state index is -0.0936. The summed E-state index contributed by atoms with van der Waals surface area (Å²) in [6.07, 6.45) is 4.31. The minimum absolute atomic E-state index is 0.0936. The monoisotopic (exact) mass is 222 g/mol. The number of fused-ring (bicyclic) bond motifs is 2. The van der Waals surface area contributed by atoms with Crippen molar-refractivity contribution in [3.63, 3.8) is 0 Å². The second kappa shape index (κ2) is 4.01. The van der Waals surface area contributed by atoms with Crippen LogP contribution in [0.5, 0.6) is 0 Å². The van der Waals surface area contributed by atoms with Crippen LogP contribution in [0.1, 0.15) is 20.8 Å².